The Labute approximate surface area is 129 Å². The third kappa shape index (κ3) is 3.53. The van der Waals surface area contributed by atoms with E-state index in [1.807, 2.05) is 0 Å². The molecule has 2 fully saturated rings. The zero-order valence-corrected chi connectivity index (χ0v) is 14.1. The Morgan fingerprint density at radius 2 is 1.95 bits per heavy atom. The first-order valence-corrected chi connectivity index (χ1v) is 8.86. The van der Waals surface area contributed by atoms with Crippen molar-refractivity contribution in [3.8, 4) is 0 Å². The van der Waals surface area contributed by atoms with E-state index in [1.165, 1.54) is 31.4 Å². The van der Waals surface area contributed by atoms with Gasteiger partial charge in [0.25, 0.3) is 0 Å². The van der Waals surface area contributed by atoms with Gasteiger partial charge in [0.1, 0.15) is 11.5 Å². The largest absolute Gasteiger partial charge is 0.464 e. The van der Waals surface area contributed by atoms with Crippen LogP contribution < -0.4 is 5.32 Å². The zero-order chi connectivity index (χ0) is 15.0. The van der Waals surface area contributed by atoms with Crippen molar-refractivity contribution < 1.29 is 4.42 Å². The van der Waals surface area contributed by atoms with Gasteiger partial charge in [-0.2, -0.15) is 0 Å². The highest BCUT2D eigenvalue weighted by Crippen LogP contribution is 2.47. The fourth-order valence-electron chi connectivity index (χ4n) is 4.08. The van der Waals surface area contributed by atoms with Gasteiger partial charge in [0.2, 0.25) is 0 Å². The van der Waals surface area contributed by atoms with E-state index >= 15 is 0 Å². The summed E-state index contributed by atoms with van der Waals surface area (Å²) < 4.78 is 6.03. The minimum Gasteiger partial charge on any atom is -0.464 e. The van der Waals surface area contributed by atoms with Crippen LogP contribution in [0.4, 0.5) is 0 Å². The van der Waals surface area contributed by atoms with Gasteiger partial charge in [-0.25, -0.2) is 0 Å². The van der Waals surface area contributed by atoms with E-state index in [1.54, 1.807) is 0 Å². The molecule has 2 nitrogen and oxygen atoms in total. The highest BCUT2D eigenvalue weighted by atomic mass is 16.3. The topological polar surface area (TPSA) is 25.2 Å². The Morgan fingerprint density at radius 3 is 2.62 bits per heavy atom. The van der Waals surface area contributed by atoms with Crippen molar-refractivity contribution in [3.63, 3.8) is 0 Å². The number of hydrogen-bond acceptors (Lipinski definition) is 2. The molecule has 118 valence electrons. The molecule has 2 saturated carbocycles. The van der Waals surface area contributed by atoms with Crippen molar-refractivity contribution in [2.75, 3.05) is 0 Å². The van der Waals surface area contributed by atoms with Crippen molar-refractivity contribution in [1.82, 2.24) is 5.32 Å². The summed E-state index contributed by atoms with van der Waals surface area (Å²) in [6.45, 7) is 10.3. The van der Waals surface area contributed by atoms with Gasteiger partial charge in [0.05, 0.1) is 6.54 Å². The van der Waals surface area contributed by atoms with E-state index in [2.05, 4.69) is 45.1 Å². The Bertz CT molecular complexity index is 464. The van der Waals surface area contributed by atoms with E-state index in [-0.39, 0.29) is 0 Å². The van der Waals surface area contributed by atoms with Crippen LogP contribution in [0.3, 0.4) is 0 Å². The molecule has 2 heteroatoms. The molecule has 2 aliphatic carbocycles. The average molecular weight is 289 g/mol. The first-order chi connectivity index (χ1) is 10.0. The molecule has 5 atom stereocenters. The minimum absolute atomic E-state index is 0.655. The standard InChI is InChI=1S/C19H31NO/c1-12(2)16-7-5-13(3)9-18(16)20-11-15-6-8-19(21-15)17-10-14(17)4/h6,8,12-14,16-18,20H,5,7,9-11H2,1-4H3. The molecule has 0 aliphatic heterocycles. The Morgan fingerprint density at radius 1 is 1.19 bits per heavy atom. The fraction of sp³-hybridized carbons (Fsp3) is 0.789. The van der Waals surface area contributed by atoms with Crippen LogP contribution >= 0.6 is 0 Å². The van der Waals surface area contributed by atoms with Gasteiger partial charge in [0.15, 0.2) is 0 Å². The fourth-order valence-corrected chi connectivity index (χ4v) is 4.08. The van der Waals surface area contributed by atoms with Gasteiger partial charge < -0.3 is 9.73 Å². The molecule has 1 N–H and O–H groups in total. The molecule has 0 saturated heterocycles. The van der Waals surface area contributed by atoms with Crippen molar-refractivity contribution in [2.45, 2.75) is 71.9 Å². The van der Waals surface area contributed by atoms with E-state index in [4.69, 9.17) is 4.42 Å². The molecule has 1 aromatic rings. The molecule has 0 amide bonds. The van der Waals surface area contributed by atoms with Crippen LogP contribution in [0.1, 0.15) is 70.8 Å². The van der Waals surface area contributed by atoms with Crippen LogP contribution in [0.2, 0.25) is 0 Å². The summed E-state index contributed by atoms with van der Waals surface area (Å²) >= 11 is 0. The van der Waals surface area contributed by atoms with Crippen LogP contribution in [-0.4, -0.2) is 6.04 Å². The lowest BCUT2D eigenvalue weighted by molar-refractivity contribution is 0.166. The lowest BCUT2D eigenvalue weighted by atomic mass is 9.74. The first kappa shape index (κ1) is 15.1. The average Bonchev–Trinajstić information content (AvgIpc) is 2.99. The van der Waals surface area contributed by atoms with E-state index in [0.717, 1.165) is 36.0 Å². The molecule has 1 aromatic heterocycles. The second kappa shape index (κ2) is 6.16. The van der Waals surface area contributed by atoms with Gasteiger partial charge in [-0.3, -0.25) is 0 Å². The van der Waals surface area contributed by atoms with Gasteiger partial charge >= 0.3 is 0 Å². The van der Waals surface area contributed by atoms with E-state index in [0.29, 0.717) is 12.0 Å². The molecule has 21 heavy (non-hydrogen) atoms. The predicted octanol–water partition coefficient (Wildman–Crippen LogP) is 4.95. The van der Waals surface area contributed by atoms with Crippen molar-refractivity contribution in [2.24, 2.45) is 23.7 Å². The maximum Gasteiger partial charge on any atom is 0.117 e. The monoisotopic (exact) mass is 289 g/mol. The number of nitrogens with one attached hydrogen (secondary N) is 1. The molecular formula is C19H31NO. The van der Waals surface area contributed by atoms with Crippen molar-refractivity contribution in [3.05, 3.63) is 23.7 Å². The summed E-state index contributed by atoms with van der Waals surface area (Å²) in [6, 6.07) is 5.01. The first-order valence-electron chi connectivity index (χ1n) is 8.86. The van der Waals surface area contributed by atoms with E-state index in [9.17, 15) is 0 Å². The quantitative estimate of drug-likeness (QED) is 0.829. The second-order valence-corrected chi connectivity index (χ2v) is 7.94. The Kier molecular flexibility index (Phi) is 4.44. The maximum atomic E-state index is 6.03. The predicted molar refractivity (Wildman–Crippen MR) is 87.2 cm³/mol. The van der Waals surface area contributed by atoms with Gasteiger partial charge in [-0.05, 0) is 55.1 Å². The Balaban J connectivity index is 1.56. The van der Waals surface area contributed by atoms with Crippen LogP contribution in [0.5, 0.6) is 0 Å². The number of hydrogen-bond donors (Lipinski definition) is 1. The van der Waals surface area contributed by atoms with Crippen LogP contribution in [0.15, 0.2) is 16.5 Å². The molecule has 0 bridgehead atoms. The Hall–Kier alpha value is -0.760. The lowest BCUT2D eigenvalue weighted by Crippen LogP contribution is -2.42. The lowest BCUT2D eigenvalue weighted by Gasteiger charge is -2.37. The smallest absolute Gasteiger partial charge is 0.117 e. The summed E-state index contributed by atoms with van der Waals surface area (Å²) in [7, 11) is 0. The van der Waals surface area contributed by atoms with Crippen LogP contribution in [-0.2, 0) is 6.54 Å². The summed E-state index contributed by atoms with van der Waals surface area (Å²) in [6.07, 6.45) is 5.39. The maximum absolute atomic E-state index is 6.03. The summed E-state index contributed by atoms with van der Waals surface area (Å²) in [5, 5.41) is 3.79. The van der Waals surface area contributed by atoms with Gasteiger partial charge in [0, 0.05) is 12.0 Å². The highest BCUT2D eigenvalue weighted by molar-refractivity contribution is 5.17. The summed E-state index contributed by atoms with van der Waals surface area (Å²) in [4.78, 5) is 0. The zero-order valence-electron chi connectivity index (χ0n) is 14.1. The number of furan rings is 1. The minimum atomic E-state index is 0.655. The molecule has 3 rings (SSSR count). The van der Waals surface area contributed by atoms with E-state index < -0.39 is 0 Å². The highest BCUT2D eigenvalue weighted by Gasteiger charge is 2.36. The summed E-state index contributed by atoms with van der Waals surface area (Å²) in [5.41, 5.74) is 0. The summed E-state index contributed by atoms with van der Waals surface area (Å²) in [5.74, 6) is 6.28. The number of rotatable bonds is 5. The SMILES string of the molecule is CC1CCC(C(C)C)C(NCc2ccc(C3CC3C)o2)C1. The second-order valence-electron chi connectivity index (χ2n) is 7.94. The molecule has 0 spiro atoms. The molecule has 5 unspecified atom stereocenters. The van der Waals surface area contributed by atoms with Crippen LogP contribution in [0.25, 0.3) is 0 Å². The molecule has 1 heterocycles. The van der Waals surface area contributed by atoms with Gasteiger partial charge in [-0.15, -0.1) is 0 Å². The van der Waals surface area contributed by atoms with Crippen molar-refractivity contribution in [1.29, 1.82) is 0 Å². The van der Waals surface area contributed by atoms with Crippen LogP contribution in [0, 0.1) is 23.7 Å². The molecular weight excluding hydrogens is 258 g/mol. The normalized spacial score (nSPS) is 36.1. The van der Waals surface area contributed by atoms with Gasteiger partial charge in [-0.1, -0.05) is 34.1 Å². The molecule has 0 radical (unpaired) electrons. The molecule has 0 aromatic carbocycles. The van der Waals surface area contributed by atoms with Crippen molar-refractivity contribution >= 4 is 0 Å². The third-order valence-electron chi connectivity index (χ3n) is 5.72. The molecule has 2 aliphatic rings. The third-order valence-corrected chi connectivity index (χ3v) is 5.72.